The molecule has 1 nitrogen and oxygen atoms in total. The van der Waals surface area contributed by atoms with Crippen LogP contribution >= 0.6 is 0 Å². The topological polar surface area (TPSA) is 9.23 Å². The van der Waals surface area contributed by atoms with E-state index in [9.17, 15) is 0 Å². The van der Waals surface area contributed by atoms with E-state index >= 15 is 0 Å². The Labute approximate surface area is 129 Å². The maximum atomic E-state index is 5.82. The van der Waals surface area contributed by atoms with Crippen LogP contribution in [0.3, 0.4) is 0 Å². The number of hydrogen-bond donors (Lipinski definition) is 0. The van der Waals surface area contributed by atoms with E-state index in [-0.39, 0.29) is 0 Å². The third-order valence-corrected chi connectivity index (χ3v) is 3.83. The van der Waals surface area contributed by atoms with Gasteiger partial charge in [0.15, 0.2) is 0 Å². The van der Waals surface area contributed by atoms with Crippen LogP contribution in [0.15, 0.2) is 54.6 Å². The molecule has 2 aromatic rings. The molecule has 0 saturated carbocycles. The largest absolute Gasteiger partial charge is 0.372 e. The quantitative estimate of drug-likeness (QED) is 0.590. The molecule has 0 bridgehead atoms. The van der Waals surface area contributed by atoms with Gasteiger partial charge in [0.05, 0.1) is 13.2 Å². The van der Waals surface area contributed by atoms with Gasteiger partial charge in [-0.3, -0.25) is 0 Å². The van der Waals surface area contributed by atoms with Crippen molar-refractivity contribution in [3.05, 3.63) is 71.3 Å². The molecule has 0 amide bonds. The molecule has 21 heavy (non-hydrogen) atoms. The molecule has 2 heteroatoms. The second-order valence-electron chi connectivity index (χ2n) is 6.14. The maximum Gasteiger partial charge on any atom is 0.129 e. The van der Waals surface area contributed by atoms with E-state index in [4.69, 9.17) is 4.74 Å². The molecule has 108 valence electrons. The molecule has 0 radical (unpaired) electrons. The van der Waals surface area contributed by atoms with Gasteiger partial charge in [0.2, 0.25) is 0 Å². The van der Waals surface area contributed by atoms with Gasteiger partial charge in [0.1, 0.15) is 8.07 Å². The van der Waals surface area contributed by atoms with Crippen molar-refractivity contribution in [3.8, 4) is 11.5 Å². The van der Waals surface area contributed by atoms with Crippen LogP contribution in [0.2, 0.25) is 19.6 Å². The zero-order valence-corrected chi connectivity index (χ0v) is 14.0. The molecule has 2 aromatic carbocycles. The molecular formula is C19H22OSi. The van der Waals surface area contributed by atoms with Crippen LogP contribution in [0, 0.1) is 11.5 Å². The molecular weight excluding hydrogens is 272 g/mol. The van der Waals surface area contributed by atoms with E-state index in [0.29, 0.717) is 13.2 Å². The predicted octanol–water partition coefficient (Wildman–Crippen LogP) is 4.63. The van der Waals surface area contributed by atoms with Gasteiger partial charge in [-0.2, -0.15) is 0 Å². The summed E-state index contributed by atoms with van der Waals surface area (Å²) in [4.78, 5) is 0. The van der Waals surface area contributed by atoms with Crippen molar-refractivity contribution in [1.29, 1.82) is 0 Å². The van der Waals surface area contributed by atoms with Gasteiger partial charge < -0.3 is 4.74 Å². The van der Waals surface area contributed by atoms with Crippen molar-refractivity contribution < 1.29 is 4.74 Å². The van der Waals surface area contributed by atoms with Gasteiger partial charge in [-0.05, 0) is 17.2 Å². The highest BCUT2D eigenvalue weighted by molar-refractivity contribution is 6.83. The first-order valence-corrected chi connectivity index (χ1v) is 10.8. The zero-order chi connectivity index (χ0) is 15.1. The van der Waals surface area contributed by atoms with Crippen LogP contribution in [-0.2, 0) is 18.0 Å². The fourth-order valence-corrected chi connectivity index (χ4v) is 2.39. The Kier molecular flexibility index (Phi) is 5.38. The Morgan fingerprint density at radius 2 is 1.52 bits per heavy atom. The average molecular weight is 294 g/mol. The second kappa shape index (κ2) is 7.26. The Hall–Kier alpha value is -1.82. The fourth-order valence-electron chi connectivity index (χ4n) is 1.88. The highest BCUT2D eigenvalue weighted by Gasteiger charge is 2.08. The number of rotatable bonds is 4. The minimum absolute atomic E-state index is 0.603. The van der Waals surface area contributed by atoms with Crippen molar-refractivity contribution in [3.63, 3.8) is 0 Å². The van der Waals surface area contributed by atoms with E-state index in [0.717, 1.165) is 5.56 Å². The summed E-state index contributed by atoms with van der Waals surface area (Å²) in [6.07, 6.45) is 0. The van der Waals surface area contributed by atoms with Crippen LogP contribution in [0.1, 0.15) is 16.7 Å². The van der Waals surface area contributed by atoms with Crippen molar-refractivity contribution in [2.75, 3.05) is 0 Å². The van der Waals surface area contributed by atoms with E-state index in [1.165, 1.54) is 11.1 Å². The van der Waals surface area contributed by atoms with Crippen molar-refractivity contribution >= 4 is 8.07 Å². The molecule has 0 aromatic heterocycles. The summed E-state index contributed by atoms with van der Waals surface area (Å²) in [5, 5.41) is 0. The van der Waals surface area contributed by atoms with Crippen molar-refractivity contribution in [2.24, 2.45) is 0 Å². The lowest BCUT2D eigenvalue weighted by Gasteiger charge is -2.08. The summed E-state index contributed by atoms with van der Waals surface area (Å²) >= 11 is 0. The molecule has 0 spiro atoms. The first-order chi connectivity index (χ1) is 10.0. The fraction of sp³-hybridized carbons (Fsp3) is 0.263. The molecule has 2 rings (SSSR count). The minimum atomic E-state index is -1.35. The first-order valence-electron chi connectivity index (χ1n) is 7.27. The van der Waals surface area contributed by atoms with Gasteiger partial charge >= 0.3 is 0 Å². The van der Waals surface area contributed by atoms with Gasteiger partial charge in [0, 0.05) is 5.56 Å². The molecule has 0 atom stereocenters. The molecule has 0 N–H and O–H groups in total. The van der Waals surface area contributed by atoms with E-state index in [1.807, 2.05) is 30.3 Å². The average Bonchev–Trinajstić information content (AvgIpc) is 2.46. The summed E-state index contributed by atoms with van der Waals surface area (Å²) in [6.45, 7) is 8.01. The Morgan fingerprint density at radius 3 is 2.24 bits per heavy atom. The van der Waals surface area contributed by atoms with Crippen LogP contribution in [0.5, 0.6) is 0 Å². The van der Waals surface area contributed by atoms with Gasteiger partial charge in [-0.15, -0.1) is 5.54 Å². The summed E-state index contributed by atoms with van der Waals surface area (Å²) in [7, 11) is -1.35. The highest BCUT2D eigenvalue weighted by Crippen LogP contribution is 2.11. The van der Waals surface area contributed by atoms with Crippen LogP contribution in [0.25, 0.3) is 0 Å². The Morgan fingerprint density at radius 1 is 0.857 bits per heavy atom. The molecule has 0 aliphatic heterocycles. The summed E-state index contributed by atoms with van der Waals surface area (Å²) in [6, 6.07) is 18.5. The molecule has 0 heterocycles. The molecule has 0 fully saturated rings. The number of benzene rings is 2. The number of hydrogen-bond acceptors (Lipinski definition) is 1. The Bertz CT molecular complexity index is 630. The third kappa shape index (κ3) is 5.59. The SMILES string of the molecule is C[Si](C)(C)C#Cc1ccccc1COCc1ccccc1. The van der Waals surface area contributed by atoms with Gasteiger partial charge in [-0.25, -0.2) is 0 Å². The third-order valence-electron chi connectivity index (χ3n) is 2.96. The second-order valence-corrected chi connectivity index (χ2v) is 10.9. The molecule has 0 saturated heterocycles. The molecule has 0 unspecified atom stereocenters. The van der Waals surface area contributed by atoms with E-state index in [2.05, 4.69) is 55.4 Å². The number of ether oxygens (including phenoxy) is 1. The normalized spacial score (nSPS) is 10.8. The monoisotopic (exact) mass is 294 g/mol. The lowest BCUT2D eigenvalue weighted by Crippen LogP contribution is -2.16. The van der Waals surface area contributed by atoms with Crippen LogP contribution < -0.4 is 0 Å². The summed E-state index contributed by atoms with van der Waals surface area (Å²) in [5.74, 6) is 3.33. The van der Waals surface area contributed by atoms with E-state index < -0.39 is 8.07 Å². The zero-order valence-electron chi connectivity index (χ0n) is 13.0. The smallest absolute Gasteiger partial charge is 0.129 e. The first kappa shape index (κ1) is 15.6. The summed E-state index contributed by atoms with van der Waals surface area (Å²) in [5.41, 5.74) is 6.87. The molecule has 0 aliphatic carbocycles. The summed E-state index contributed by atoms with van der Waals surface area (Å²) < 4.78 is 5.82. The lowest BCUT2D eigenvalue weighted by atomic mass is 10.1. The van der Waals surface area contributed by atoms with Crippen molar-refractivity contribution in [2.45, 2.75) is 32.9 Å². The maximum absolute atomic E-state index is 5.82. The van der Waals surface area contributed by atoms with Crippen LogP contribution in [-0.4, -0.2) is 8.07 Å². The Balaban J connectivity index is 2.01. The lowest BCUT2D eigenvalue weighted by molar-refractivity contribution is 0.107. The standard InChI is InChI=1S/C19H22OSi/c1-21(2,3)14-13-18-11-7-8-12-19(18)16-20-15-17-9-5-4-6-10-17/h4-12H,15-16H2,1-3H3. The van der Waals surface area contributed by atoms with Crippen molar-refractivity contribution in [1.82, 2.24) is 0 Å². The van der Waals surface area contributed by atoms with Gasteiger partial charge in [-0.1, -0.05) is 74.1 Å². The predicted molar refractivity (Wildman–Crippen MR) is 91.6 cm³/mol. The minimum Gasteiger partial charge on any atom is -0.372 e. The van der Waals surface area contributed by atoms with Crippen LogP contribution in [0.4, 0.5) is 0 Å². The van der Waals surface area contributed by atoms with E-state index in [1.54, 1.807) is 0 Å². The van der Waals surface area contributed by atoms with Gasteiger partial charge in [0.25, 0.3) is 0 Å². The molecule has 0 aliphatic rings. The highest BCUT2D eigenvalue weighted by atomic mass is 28.3.